The van der Waals surface area contributed by atoms with E-state index in [0.29, 0.717) is 42.1 Å². The van der Waals surface area contributed by atoms with E-state index in [4.69, 9.17) is 14.0 Å². The van der Waals surface area contributed by atoms with Crippen molar-refractivity contribution in [3.05, 3.63) is 53.1 Å². The molecule has 9 heteroatoms. The van der Waals surface area contributed by atoms with Crippen molar-refractivity contribution in [1.82, 2.24) is 15.0 Å². The Morgan fingerprint density at radius 2 is 2.18 bits per heavy atom. The number of aliphatic hydroxyl groups is 1. The van der Waals surface area contributed by atoms with E-state index < -0.39 is 0 Å². The van der Waals surface area contributed by atoms with E-state index in [0.717, 1.165) is 16.7 Å². The maximum absolute atomic E-state index is 11.1. The van der Waals surface area contributed by atoms with Gasteiger partial charge in [-0.25, -0.2) is 0 Å². The van der Waals surface area contributed by atoms with Crippen LogP contribution in [0.4, 0.5) is 0 Å². The van der Waals surface area contributed by atoms with E-state index in [1.807, 2.05) is 44.0 Å². The fourth-order valence-corrected chi connectivity index (χ4v) is 4.40. The van der Waals surface area contributed by atoms with Crippen molar-refractivity contribution in [2.75, 3.05) is 20.2 Å². The quantitative estimate of drug-likeness (QED) is 0.478. The van der Waals surface area contributed by atoms with Crippen LogP contribution in [0, 0.1) is 11.3 Å². The molecule has 0 bridgehead atoms. The van der Waals surface area contributed by atoms with Gasteiger partial charge in [0.15, 0.2) is 0 Å². The summed E-state index contributed by atoms with van der Waals surface area (Å²) in [6.45, 7) is 4.69. The second-order valence-electron chi connectivity index (χ2n) is 8.41. The number of hydrogen-bond donors (Lipinski definition) is 1. The van der Waals surface area contributed by atoms with Gasteiger partial charge in [-0.2, -0.15) is 10.2 Å². The maximum atomic E-state index is 11.1. The van der Waals surface area contributed by atoms with Crippen LogP contribution in [0.5, 0.6) is 5.75 Å². The minimum Gasteiger partial charge on any atom is -0.490 e. The highest BCUT2D eigenvalue weighted by Crippen LogP contribution is 2.41. The topological polar surface area (TPSA) is 122 Å². The minimum absolute atomic E-state index is 0.00425. The summed E-state index contributed by atoms with van der Waals surface area (Å²) in [5, 5.41) is 23.1. The van der Waals surface area contributed by atoms with Crippen LogP contribution < -0.4 is 4.74 Å². The number of aliphatic hydroxyl groups excluding tert-OH is 1. The molecule has 1 aliphatic rings. The first kappa shape index (κ1) is 23.4. The van der Waals surface area contributed by atoms with Gasteiger partial charge in [0, 0.05) is 24.1 Å². The molecule has 0 radical (unpaired) electrons. The highest BCUT2D eigenvalue weighted by Gasteiger charge is 2.38. The summed E-state index contributed by atoms with van der Waals surface area (Å²) < 4.78 is 16.6. The molecule has 34 heavy (non-hydrogen) atoms. The number of rotatable bonds is 9. The Bertz CT molecular complexity index is 1220. The number of fused-ring (bicyclic) bond motifs is 1. The van der Waals surface area contributed by atoms with E-state index in [1.54, 1.807) is 18.2 Å². The van der Waals surface area contributed by atoms with Crippen LogP contribution in [0.15, 0.2) is 40.9 Å². The molecular weight excluding hydrogens is 436 g/mol. The zero-order chi connectivity index (χ0) is 24.2. The maximum Gasteiger partial charge on any atom is 0.293 e. The summed E-state index contributed by atoms with van der Waals surface area (Å²) in [5.41, 5.74) is 3.74. The minimum atomic E-state index is -0.386. The Balaban J connectivity index is 1.68. The van der Waals surface area contributed by atoms with Crippen LogP contribution in [-0.4, -0.2) is 59.0 Å². The molecule has 0 spiro atoms. The van der Waals surface area contributed by atoms with Gasteiger partial charge in [0.25, 0.3) is 12.4 Å². The first-order valence-corrected chi connectivity index (χ1v) is 11.0. The van der Waals surface area contributed by atoms with E-state index in [2.05, 4.69) is 16.2 Å². The molecule has 0 saturated heterocycles. The molecule has 176 valence electrons. The van der Waals surface area contributed by atoms with Crippen LogP contribution in [-0.2, 0) is 16.0 Å². The van der Waals surface area contributed by atoms with Crippen LogP contribution >= 0.6 is 0 Å². The standard InChI is InChI=1S/C25H26N4O5/c1-15(2)33-21-8-7-16(11-17(21)13-26)25-27-24(28-34-25)19-6-4-5-18-20(19)12-22(32-14-31)23(18)29(3)9-10-30/h4-8,11,14-15,22-23,30H,9-10,12H2,1-3H3. The number of nitrogens with zero attached hydrogens (tertiary/aromatic N) is 4. The third-order valence-electron chi connectivity index (χ3n) is 5.82. The normalized spacial score (nSPS) is 17.0. The van der Waals surface area contributed by atoms with Gasteiger partial charge in [0.2, 0.25) is 5.82 Å². The van der Waals surface area contributed by atoms with Crippen LogP contribution in [0.3, 0.4) is 0 Å². The molecule has 2 unspecified atom stereocenters. The lowest BCUT2D eigenvalue weighted by Gasteiger charge is -2.28. The van der Waals surface area contributed by atoms with Crippen LogP contribution in [0.25, 0.3) is 22.8 Å². The van der Waals surface area contributed by atoms with Gasteiger partial charge < -0.3 is 19.1 Å². The second kappa shape index (κ2) is 10.0. The number of likely N-dealkylation sites (N-methyl/N-ethyl adjacent to an activating group) is 1. The van der Waals surface area contributed by atoms with Crippen molar-refractivity contribution >= 4 is 6.47 Å². The summed E-state index contributed by atoms with van der Waals surface area (Å²) in [6, 6.07) is 12.9. The van der Waals surface area contributed by atoms with E-state index >= 15 is 0 Å². The van der Waals surface area contributed by atoms with Crippen molar-refractivity contribution in [2.24, 2.45) is 0 Å². The van der Waals surface area contributed by atoms with Gasteiger partial charge in [0.05, 0.1) is 24.3 Å². The van der Waals surface area contributed by atoms with Gasteiger partial charge in [-0.3, -0.25) is 9.69 Å². The summed E-state index contributed by atoms with van der Waals surface area (Å²) in [4.78, 5) is 17.7. The number of ether oxygens (including phenoxy) is 2. The number of nitriles is 1. The van der Waals surface area contributed by atoms with E-state index in [1.165, 1.54) is 0 Å². The fourth-order valence-electron chi connectivity index (χ4n) is 4.40. The number of aromatic nitrogens is 2. The molecule has 2 aromatic carbocycles. The predicted octanol–water partition coefficient (Wildman–Crippen LogP) is 3.13. The SMILES string of the molecule is CC(C)Oc1ccc(-c2nc(-c3cccc4c3CC(OC=O)C4N(C)CCO)no2)cc1C#N. The third kappa shape index (κ3) is 4.51. The zero-order valence-electron chi connectivity index (χ0n) is 19.3. The fraction of sp³-hybridized carbons (Fsp3) is 0.360. The molecule has 4 rings (SSSR count). The Kier molecular flexibility index (Phi) is 6.91. The lowest BCUT2D eigenvalue weighted by atomic mass is 10.0. The molecule has 2 atom stereocenters. The molecular formula is C25H26N4O5. The smallest absolute Gasteiger partial charge is 0.293 e. The van der Waals surface area contributed by atoms with Crippen molar-refractivity contribution in [3.63, 3.8) is 0 Å². The Morgan fingerprint density at radius 1 is 1.35 bits per heavy atom. The summed E-state index contributed by atoms with van der Waals surface area (Å²) in [7, 11) is 1.88. The highest BCUT2D eigenvalue weighted by atomic mass is 16.5. The van der Waals surface area contributed by atoms with Crippen LogP contribution in [0.1, 0.15) is 36.6 Å². The molecule has 0 aliphatic heterocycles. The number of benzene rings is 2. The number of carbonyl (C=O) groups excluding carboxylic acids is 1. The van der Waals surface area contributed by atoms with Gasteiger partial charge in [-0.15, -0.1) is 0 Å². The van der Waals surface area contributed by atoms with Crippen molar-refractivity contribution in [2.45, 2.75) is 38.5 Å². The van der Waals surface area contributed by atoms with Gasteiger partial charge in [0.1, 0.15) is 17.9 Å². The van der Waals surface area contributed by atoms with Crippen molar-refractivity contribution < 1.29 is 23.9 Å². The molecule has 0 saturated carbocycles. The summed E-state index contributed by atoms with van der Waals surface area (Å²) in [6.07, 6.45) is 0.0534. The molecule has 3 aromatic rings. The molecule has 0 amide bonds. The first-order chi connectivity index (χ1) is 16.5. The van der Waals surface area contributed by atoms with E-state index in [-0.39, 0.29) is 30.7 Å². The van der Waals surface area contributed by atoms with Crippen molar-refractivity contribution in [1.29, 1.82) is 5.26 Å². The van der Waals surface area contributed by atoms with Gasteiger partial charge >= 0.3 is 0 Å². The van der Waals surface area contributed by atoms with Crippen molar-refractivity contribution in [3.8, 4) is 34.7 Å². The Labute approximate surface area is 197 Å². The van der Waals surface area contributed by atoms with E-state index in [9.17, 15) is 15.2 Å². The average Bonchev–Trinajstić information content (AvgIpc) is 3.44. The average molecular weight is 463 g/mol. The lowest BCUT2D eigenvalue weighted by molar-refractivity contribution is -0.136. The third-order valence-corrected chi connectivity index (χ3v) is 5.82. The monoisotopic (exact) mass is 462 g/mol. The largest absolute Gasteiger partial charge is 0.490 e. The molecule has 9 nitrogen and oxygen atoms in total. The zero-order valence-corrected chi connectivity index (χ0v) is 19.3. The lowest BCUT2D eigenvalue weighted by Crippen LogP contribution is -2.34. The first-order valence-electron chi connectivity index (χ1n) is 11.0. The molecule has 1 aliphatic carbocycles. The number of hydrogen-bond acceptors (Lipinski definition) is 9. The second-order valence-corrected chi connectivity index (χ2v) is 8.41. The molecule has 0 fully saturated rings. The van der Waals surface area contributed by atoms with Crippen LogP contribution in [0.2, 0.25) is 0 Å². The Hall–Kier alpha value is -3.74. The molecule has 1 aromatic heterocycles. The molecule has 1 N–H and O–H groups in total. The summed E-state index contributed by atoms with van der Waals surface area (Å²) >= 11 is 0. The molecule has 1 heterocycles. The summed E-state index contributed by atoms with van der Waals surface area (Å²) in [5.74, 6) is 1.19. The van der Waals surface area contributed by atoms with Gasteiger partial charge in [-0.1, -0.05) is 23.4 Å². The Morgan fingerprint density at radius 3 is 2.88 bits per heavy atom. The number of carbonyl (C=O) groups is 1. The highest BCUT2D eigenvalue weighted by molar-refractivity contribution is 5.67. The predicted molar refractivity (Wildman–Crippen MR) is 123 cm³/mol. The van der Waals surface area contributed by atoms with Gasteiger partial charge in [-0.05, 0) is 50.2 Å².